The fraction of sp³-hybridized carbons (Fsp3) is 0.167. The first kappa shape index (κ1) is 19.4. The molecule has 0 aliphatic heterocycles. The number of nitrogens with zero attached hydrogens (tertiary/aromatic N) is 2. The molecule has 3 rings (SSSR count). The highest BCUT2D eigenvalue weighted by Gasteiger charge is 2.16. The van der Waals surface area contributed by atoms with E-state index in [9.17, 15) is 4.79 Å². The van der Waals surface area contributed by atoms with E-state index in [-0.39, 0.29) is 5.91 Å². The number of carbonyl (C=O) groups is 1. The third-order valence-electron chi connectivity index (χ3n) is 4.48. The monoisotopic (exact) mass is 372 g/mol. The lowest BCUT2D eigenvalue weighted by Gasteiger charge is -2.23. The van der Waals surface area contributed by atoms with E-state index in [1.54, 1.807) is 6.21 Å². The average molecular weight is 372 g/mol. The predicted molar refractivity (Wildman–Crippen MR) is 112 cm³/mol. The molecule has 1 amide bonds. The van der Waals surface area contributed by atoms with Crippen LogP contribution in [0.3, 0.4) is 0 Å². The standard InChI is InChI=1S/C24H24N2O2/c1-28-25-18-21-12-14-23(15-13-21)24(27)26(19-22-10-6-3-7-11-22)17-16-20-8-4-2-5-9-20/h2-15,18H,16-17,19H2,1H3/b25-18+. The van der Waals surface area contributed by atoms with E-state index in [1.807, 2.05) is 77.7 Å². The molecule has 0 saturated heterocycles. The van der Waals surface area contributed by atoms with Crippen LogP contribution in [0.2, 0.25) is 0 Å². The molecule has 0 bridgehead atoms. The summed E-state index contributed by atoms with van der Waals surface area (Å²) in [5.74, 6) is 0.0232. The molecule has 0 spiro atoms. The van der Waals surface area contributed by atoms with Crippen molar-refractivity contribution in [1.82, 2.24) is 4.90 Å². The van der Waals surface area contributed by atoms with Crippen molar-refractivity contribution in [1.29, 1.82) is 0 Å². The van der Waals surface area contributed by atoms with Crippen molar-refractivity contribution in [2.24, 2.45) is 5.16 Å². The van der Waals surface area contributed by atoms with Crippen LogP contribution in [-0.4, -0.2) is 30.7 Å². The number of carbonyl (C=O) groups excluding carboxylic acids is 1. The average Bonchev–Trinajstić information content (AvgIpc) is 2.76. The molecule has 142 valence electrons. The Morgan fingerprint density at radius 1 is 0.893 bits per heavy atom. The zero-order valence-corrected chi connectivity index (χ0v) is 16.0. The van der Waals surface area contributed by atoms with Gasteiger partial charge in [0.2, 0.25) is 0 Å². The summed E-state index contributed by atoms with van der Waals surface area (Å²) in [5, 5.41) is 3.75. The van der Waals surface area contributed by atoms with Gasteiger partial charge in [-0.2, -0.15) is 0 Å². The van der Waals surface area contributed by atoms with E-state index >= 15 is 0 Å². The minimum absolute atomic E-state index is 0.0232. The molecule has 4 nitrogen and oxygen atoms in total. The van der Waals surface area contributed by atoms with Crippen molar-refractivity contribution in [2.75, 3.05) is 13.7 Å². The Labute approximate surface area is 166 Å². The highest BCUT2D eigenvalue weighted by molar-refractivity contribution is 5.95. The van der Waals surface area contributed by atoms with Gasteiger partial charge in [0.1, 0.15) is 7.11 Å². The van der Waals surface area contributed by atoms with Crippen molar-refractivity contribution in [2.45, 2.75) is 13.0 Å². The first-order valence-corrected chi connectivity index (χ1v) is 9.30. The molecular formula is C24H24N2O2. The van der Waals surface area contributed by atoms with Crippen LogP contribution in [0.5, 0.6) is 0 Å². The Morgan fingerprint density at radius 2 is 1.50 bits per heavy atom. The zero-order valence-electron chi connectivity index (χ0n) is 16.0. The number of oxime groups is 1. The van der Waals surface area contributed by atoms with E-state index in [4.69, 9.17) is 4.84 Å². The lowest BCUT2D eigenvalue weighted by Crippen LogP contribution is -2.32. The highest BCUT2D eigenvalue weighted by atomic mass is 16.6. The summed E-state index contributed by atoms with van der Waals surface area (Å²) in [5.41, 5.74) is 3.89. The van der Waals surface area contributed by atoms with Gasteiger partial charge in [0, 0.05) is 18.7 Å². The van der Waals surface area contributed by atoms with Crippen LogP contribution >= 0.6 is 0 Å². The van der Waals surface area contributed by atoms with Gasteiger partial charge in [-0.1, -0.05) is 78.0 Å². The fourth-order valence-corrected chi connectivity index (χ4v) is 2.97. The number of amides is 1. The third-order valence-corrected chi connectivity index (χ3v) is 4.48. The number of hydrogen-bond donors (Lipinski definition) is 0. The first-order chi connectivity index (χ1) is 13.8. The molecule has 28 heavy (non-hydrogen) atoms. The molecular weight excluding hydrogens is 348 g/mol. The van der Waals surface area contributed by atoms with Crippen LogP contribution in [0.15, 0.2) is 90.1 Å². The van der Waals surface area contributed by atoms with Gasteiger partial charge < -0.3 is 9.74 Å². The Balaban J connectivity index is 1.76. The molecule has 0 aliphatic rings. The summed E-state index contributed by atoms with van der Waals surface area (Å²) in [4.78, 5) is 19.8. The Kier molecular flexibility index (Phi) is 6.96. The molecule has 3 aromatic rings. The molecule has 0 aliphatic carbocycles. The summed E-state index contributed by atoms with van der Waals surface area (Å²) >= 11 is 0. The summed E-state index contributed by atoms with van der Waals surface area (Å²) in [7, 11) is 1.50. The molecule has 0 atom stereocenters. The van der Waals surface area contributed by atoms with Gasteiger partial charge in [0.05, 0.1) is 6.21 Å². The smallest absolute Gasteiger partial charge is 0.254 e. The molecule has 0 saturated carbocycles. The van der Waals surface area contributed by atoms with Crippen molar-refractivity contribution < 1.29 is 9.63 Å². The fourth-order valence-electron chi connectivity index (χ4n) is 2.97. The number of hydrogen-bond acceptors (Lipinski definition) is 3. The van der Waals surface area contributed by atoms with Crippen LogP contribution in [0.4, 0.5) is 0 Å². The Morgan fingerprint density at radius 3 is 2.11 bits per heavy atom. The molecule has 0 radical (unpaired) electrons. The lowest BCUT2D eigenvalue weighted by molar-refractivity contribution is 0.0745. The van der Waals surface area contributed by atoms with Gasteiger partial charge in [-0.25, -0.2) is 0 Å². The van der Waals surface area contributed by atoms with E-state index in [1.165, 1.54) is 12.7 Å². The van der Waals surface area contributed by atoms with Crippen molar-refractivity contribution in [3.05, 3.63) is 107 Å². The van der Waals surface area contributed by atoms with E-state index in [2.05, 4.69) is 17.3 Å². The summed E-state index contributed by atoms with van der Waals surface area (Å²) < 4.78 is 0. The second kappa shape index (κ2) is 10.1. The summed E-state index contributed by atoms with van der Waals surface area (Å²) in [6.07, 6.45) is 2.43. The molecule has 0 N–H and O–H groups in total. The maximum absolute atomic E-state index is 13.2. The van der Waals surface area contributed by atoms with Gasteiger partial charge in [0.15, 0.2) is 0 Å². The van der Waals surface area contributed by atoms with Crippen LogP contribution in [0.25, 0.3) is 0 Å². The second-order valence-corrected chi connectivity index (χ2v) is 6.49. The molecule has 3 aromatic carbocycles. The predicted octanol–water partition coefficient (Wildman–Crippen LogP) is 4.55. The van der Waals surface area contributed by atoms with E-state index in [0.29, 0.717) is 18.7 Å². The SMILES string of the molecule is CO/N=C/c1ccc(C(=O)N(CCc2ccccc2)Cc2ccccc2)cc1. The van der Waals surface area contributed by atoms with Gasteiger partial charge >= 0.3 is 0 Å². The van der Waals surface area contributed by atoms with Crippen LogP contribution < -0.4 is 0 Å². The second-order valence-electron chi connectivity index (χ2n) is 6.49. The molecule has 0 fully saturated rings. The Hall–Kier alpha value is -3.40. The lowest BCUT2D eigenvalue weighted by atomic mass is 10.1. The quantitative estimate of drug-likeness (QED) is 0.430. The van der Waals surface area contributed by atoms with Crippen molar-refractivity contribution in [3.8, 4) is 0 Å². The van der Waals surface area contributed by atoms with Gasteiger partial charge in [-0.3, -0.25) is 4.79 Å². The normalized spacial score (nSPS) is 10.8. The van der Waals surface area contributed by atoms with Crippen LogP contribution in [-0.2, 0) is 17.8 Å². The Bertz CT molecular complexity index is 891. The number of benzene rings is 3. The van der Waals surface area contributed by atoms with Gasteiger partial charge in [-0.15, -0.1) is 0 Å². The van der Waals surface area contributed by atoms with Crippen LogP contribution in [0.1, 0.15) is 27.0 Å². The number of rotatable bonds is 8. The largest absolute Gasteiger partial charge is 0.399 e. The summed E-state index contributed by atoms with van der Waals surface area (Å²) in [6, 6.07) is 27.7. The topological polar surface area (TPSA) is 41.9 Å². The minimum atomic E-state index is 0.0232. The molecule has 0 heterocycles. The van der Waals surface area contributed by atoms with Crippen molar-refractivity contribution in [3.63, 3.8) is 0 Å². The first-order valence-electron chi connectivity index (χ1n) is 9.30. The maximum atomic E-state index is 13.2. The molecule has 0 unspecified atom stereocenters. The van der Waals surface area contributed by atoms with E-state index < -0.39 is 0 Å². The van der Waals surface area contributed by atoms with Crippen molar-refractivity contribution >= 4 is 12.1 Å². The maximum Gasteiger partial charge on any atom is 0.254 e. The van der Waals surface area contributed by atoms with Gasteiger partial charge in [-0.05, 0) is 35.2 Å². The minimum Gasteiger partial charge on any atom is -0.399 e. The summed E-state index contributed by atoms with van der Waals surface area (Å²) in [6.45, 7) is 1.24. The van der Waals surface area contributed by atoms with Gasteiger partial charge in [0.25, 0.3) is 5.91 Å². The molecule has 4 heteroatoms. The zero-order chi connectivity index (χ0) is 19.6. The van der Waals surface area contributed by atoms with E-state index in [0.717, 1.165) is 17.5 Å². The molecule has 0 aromatic heterocycles. The van der Waals surface area contributed by atoms with Crippen LogP contribution in [0, 0.1) is 0 Å². The third kappa shape index (κ3) is 5.55. The highest BCUT2D eigenvalue weighted by Crippen LogP contribution is 2.13.